The Labute approximate surface area is 194 Å². The van der Waals surface area contributed by atoms with E-state index in [0.717, 1.165) is 29.4 Å². The average Bonchev–Trinajstić information content (AvgIpc) is 2.72. The maximum atomic E-state index is 13.6. The first-order valence-electron chi connectivity index (χ1n) is 11.9. The van der Waals surface area contributed by atoms with Crippen LogP contribution < -0.4 is 4.74 Å². The molecule has 176 valence electrons. The van der Waals surface area contributed by atoms with Crippen LogP contribution in [0.4, 0.5) is 4.79 Å². The van der Waals surface area contributed by atoms with E-state index in [1.807, 2.05) is 24.3 Å². The molecule has 4 atom stereocenters. The van der Waals surface area contributed by atoms with Crippen LogP contribution in [0.2, 0.25) is 19.6 Å². The van der Waals surface area contributed by atoms with Crippen LogP contribution in [0.3, 0.4) is 0 Å². The van der Waals surface area contributed by atoms with Gasteiger partial charge in [0.1, 0.15) is 11.9 Å². The maximum Gasteiger partial charge on any atom is 0.414 e. The second-order valence-electron chi connectivity index (χ2n) is 10.9. The number of nitrogens with zero attached hydrogens (tertiary/aromatic N) is 1. The lowest BCUT2D eigenvalue weighted by atomic mass is 9.75. The van der Waals surface area contributed by atoms with Crippen molar-refractivity contribution in [2.75, 3.05) is 7.11 Å². The summed E-state index contributed by atoms with van der Waals surface area (Å²) in [6.07, 6.45) is 4.84. The molecular formula is C26H39NO4Si. The molecule has 0 unspecified atom stereocenters. The number of ether oxygens (including phenoxy) is 2. The van der Waals surface area contributed by atoms with Gasteiger partial charge in [0, 0.05) is 12.6 Å². The van der Waals surface area contributed by atoms with Gasteiger partial charge in [0.05, 0.1) is 21.2 Å². The van der Waals surface area contributed by atoms with Crippen LogP contribution in [0.15, 0.2) is 35.7 Å². The van der Waals surface area contributed by atoms with Crippen LogP contribution in [0.25, 0.3) is 0 Å². The molecule has 1 saturated carbocycles. The number of amides is 1. The van der Waals surface area contributed by atoms with Crippen LogP contribution >= 0.6 is 0 Å². The number of hydrogen-bond acceptors (Lipinski definition) is 4. The lowest BCUT2D eigenvalue weighted by Gasteiger charge is -2.40. The van der Waals surface area contributed by atoms with Gasteiger partial charge in [0.25, 0.3) is 0 Å². The Morgan fingerprint density at radius 1 is 1.12 bits per heavy atom. The van der Waals surface area contributed by atoms with E-state index in [1.54, 1.807) is 18.2 Å². The molecule has 32 heavy (non-hydrogen) atoms. The highest BCUT2D eigenvalue weighted by molar-refractivity contribution is 6.87. The van der Waals surface area contributed by atoms with E-state index in [4.69, 9.17) is 9.47 Å². The number of rotatable bonds is 5. The molecule has 6 heteroatoms. The summed E-state index contributed by atoms with van der Waals surface area (Å²) in [6, 6.07) is 7.25. The lowest BCUT2D eigenvalue weighted by Crippen LogP contribution is -2.44. The number of carbonyl (C=O) groups excluding carboxylic acids is 2. The summed E-state index contributed by atoms with van der Waals surface area (Å²) in [5.41, 5.74) is 0.916. The average molecular weight is 458 g/mol. The van der Waals surface area contributed by atoms with Crippen molar-refractivity contribution in [3.8, 4) is 5.75 Å². The molecule has 1 aromatic rings. The molecule has 1 aromatic carbocycles. The number of ketones is 1. The summed E-state index contributed by atoms with van der Waals surface area (Å²) in [5, 5.41) is 0.802. The quantitative estimate of drug-likeness (QED) is 0.482. The van der Waals surface area contributed by atoms with Crippen molar-refractivity contribution < 1.29 is 19.1 Å². The molecule has 1 aliphatic carbocycles. The summed E-state index contributed by atoms with van der Waals surface area (Å²) in [4.78, 5) is 28.3. The standard InChI is InChI=1S/C26H39NO4Si/c1-17(2)21-13-8-18(3)14-24(21)31-26(29)27-16-25(32(5,6)7)23(28)15-22(27)19-9-11-20(30-4)12-10-19/h9-12,16-18,21-22,24H,8,13-15H2,1-7H3/t18-,21+,22-,24-/m1/s1. The van der Waals surface area contributed by atoms with E-state index in [9.17, 15) is 9.59 Å². The van der Waals surface area contributed by atoms with Crippen molar-refractivity contribution in [2.24, 2.45) is 17.8 Å². The normalized spacial score (nSPS) is 26.7. The summed E-state index contributed by atoms with van der Waals surface area (Å²) >= 11 is 0. The molecule has 0 spiro atoms. The highest BCUT2D eigenvalue weighted by Gasteiger charge is 2.40. The number of carbonyl (C=O) groups is 2. The third kappa shape index (κ3) is 5.45. The summed E-state index contributed by atoms with van der Waals surface area (Å²) < 4.78 is 11.5. The van der Waals surface area contributed by atoms with Crippen LogP contribution in [-0.2, 0) is 9.53 Å². The minimum atomic E-state index is -1.90. The van der Waals surface area contributed by atoms with E-state index >= 15 is 0 Å². The Bertz CT molecular complexity index is 856. The second kappa shape index (κ2) is 9.82. The Morgan fingerprint density at radius 3 is 2.34 bits per heavy atom. The minimum Gasteiger partial charge on any atom is -0.497 e. The molecule has 1 aliphatic heterocycles. The first-order valence-corrected chi connectivity index (χ1v) is 15.4. The van der Waals surface area contributed by atoms with Crippen molar-refractivity contribution in [2.45, 2.75) is 78.2 Å². The monoisotopic (exact) mass is 457 g/mol. The number of hydrogen-bond donors (Lipinski definition) is 0. The molecule has 1 amide bonds. The summed E-state index contributed by atoms with van der Waals surface area (Å²) in [6.45, 7) is 13.1. The summed E-state index contributed by atoms with van der Waals surface area (Å²) in [5.74, 6) is 2.28. The Morgan fingerprint density at radius 2 is 1.78 bits per heavy atom. The van der Waals surface area contributed by atoms with E-state index in [2.05, 4.69) is 40.4 Å². The first kappa shape index (κ1) is 24.6. The van der Waals surface area contributed by atoms with Crippen molar-refractivity contribution >= 4 is 20.0 Å². The molecule has 0 N–H and O–H groups in total. The van der Waals surface area contributed by atoms with Crippen molar-refractivity contribution in [1.82, 2.24) is 4.90 Å². The van der Waals surface area contributed by atoms with Gasteiger partial charge in [0.2, 0.25) is 0 Å². The van der Waals surface area contributed by atoms with E-state index in [1.165, 1.54) is 6.42 Å². The van der Waals surface area contributed by atoms with Crippen LogP contribution in [-0.4, -0.2) is 38.1 Å². The molecule has 2 aliphatic rings. The van der Waals surface area contributed by atoms with Gasteiger partial charge < -0.3 is 9.47 Å². The molecule has 0 saturated heterocycles. The smallest absolute Gasteiger partial charge is 0.414 e. The fourth-order valence-corrected chi connectivity index (χ4v) is 6.49. The Balaban J connectivity index is 1.93. The number of Topliss-reactive ketones (excluding diaryl/α,β-unsaturated/α-hetero) is 1. The van der Waals surface area contributed by atoms with Gasteiger partial charge in [-0.3, -0.25) is 9.69 Å². The Hall–Kier alpha value is -2.08. The zero-order valence-corrected chi connectivity index (χ0v) is 21.7. The van der Waals surface area contributed by atoms with Crippen molar-refractivity contribution in [1.29, 1.82) is 0 Å². The maximum absolute atomic E-state index is 13.6. The molecule has 0 aromatic heterocycles. The predicted octanol–water partition coefficient (Wildman–Crippen LogP) is 6.37. The number of methoxy groups -OCH3 is 1. The van der Waals surface area contributed by atoms with Crippen molar-refractivity contribution in [3.63, 3.8) is 0 Å². The van der Waals surface area contributed by atoms with Crippen LogP contribution in [0, 0.1) is 17.8 Å². The van der Waals surface area contributed by atoms with Crippen LogP contribution in [0.5, 0.6) is 5.75 Å². The predicted molar refractivity (Wildman–Crippen MR) is 130 cm³/mol. The number of allylic oxidation sites excluding steroid dienone is 1. The third-order valence-corrected chi connectivity index (χ3v) is 9.04. The Kier molecular flexibility index (Phi) is 7.53. The molecule has 0 radical (unpaired) electrons. The first-order chi connectivity index (χ1) is 15.0. The minimum absolute atomic E-state index is 0.0795. The van der Waals surface area contributed by atoms with Gasteiger partial charge in [-0.25, -0.2) is 4.79 Å². The molecule has 1 heterocycles. The molecule has 1 fully saturated rings. The van der Waals surface area contributed by atoms with Crippen molar-refractivity contribution in [3.05, 3.63) is 41.2 Å². The molecule has 5 nitrogen and oxygen atoms in total. The van der Waals surface area contributed by atoms with E-state index in [0.29, 0.717) is 17.8 Å². The van der Waals surface area contributed by atoms with Gasteiger partial charge in [-0.1, -0.05) is 59.0 Å². The fraction of sp³-hybridized carbons (Fsp3) is 0.615. The number of benzene rings is 1. The topological polar surface area (TPSA) is 55.8 Å². The molecule has 0 bridgehead atoms. The van der Waals surface area contributed by atoms with E-state index < -0.39 is 8.07 Å². The highest BCUT2D eigenvalue weighted by Crippen LogP contribution is 2.38. The summed E-state index contributed by atoms with van der Waals surface area (Å²) in [7, 11) is -0.278. The lowest BCUT2D eigenvalue weighted by molar-refractivity contribution is -0.116. The SMILES string of the molecule is COc1ccc([C@H]2CC(=O)C([Si](C)(C)C)=CN2C(=O)O[C@@H]2C[C@H](C)CC[C@H]2C(C)C)cc1. The molecular weight excluding hydrogens is 418 g/mol. The van der Waals surface area contributed by atoms with Crippen LogP contribution in [0.1, 0.15) is 58.1 Å². The molecule has 3 rings (SSSR count). The zero-order valence-electron chi connectivity index (χ0n) is 20.7. The van der Waals surface area contributed by atoms with Gasteiger partial charge in [-0.2, -0.15) is 0 Å². The second-order valence-corrected chi connectivity index (χ2v) is 15.9. The van der Waals surface area contributed by atoms with Gasteiger partial charge >= 0.3 is 6.09 Å². The fourth-order valence-electron chi connectivity index (χ4n) is 5.02. The van der Waals surface area contributed by atoms with Gasteiger partial charge in [-0.15, -0.1) is 0 Å². The third-order valence-electron chi connectivity index (χ3n) is 7.02. The van der Waals surface area contributed by atoms with Gasteiger partial charge in [-0.05, 0) is 53.5 Å². The largest absolute Gasteiger partial charge is 0.497 e. The highest BCUT2D eigenvalue weighted by atomic mass is 28.3. The zero-order chi connectivity index (χ0) is 23.6. The van der Waals surface area contributed by atoms with Gasteiger partial charge in [0.15, 0.2) is 5.78 Å². The van der Waals surface area contributed by atoms with E-state index in [-0.39, 0.29) is 30.4 Å².